The molecule has 0 radical (unpaired) electrons. The van der Waals surface area contributed by atoms with Crippen molar-refractivity contribution in [2.24, 2.45) is 0 Å². The first kappa shape index (κ1) is 12.6. The topological polar surface area (TPSA) is 39.1 Å². The van der Waals surface area contributed by atoms with Crippen molar-refractivity contribution >= 4 is 11.6 Å². The number of aromatic nitrogens is 2. The highest BCUT2D eigenvalue weighted by atomic mass is 16.5. The maximum absolute atomic E-state index is 5.13. The smallest absolute Gasteiger partial charge is 0.207 e. The Bertz CT molecular complexity index is 493. The first-order valence-corrected chi connectivity index (χ1v) is 6.20. The number of methoxy groups -OCH3 is 1. The predicted molar refractivity (Wildman–Crippen MR) is 73.2 cm³/mol. The number of nitrogens with zero attached hydrogens (tertiary/aromatic N) is 2. The Morgan fingerprint density at radius 1 is 1.33 bits per heavy atom. The van der Waals surface area contributed by atoms with Gasteiger partial charge in [0.15, 0.2) is 0 Å². The standard InChI is InChI=1S/C14H19N3O/c1-3-17-10-9-15-14(17)16-13-7-5-4-6-12(13)8-11-18-2/h4-7,9-10H,3,8,11H2,1-2H3,(H,15,16). The fourth-order valence-electron chi connectivity index (χ4n) is 1.88. The van der Waals surface area contributed by atoms with E-state index in [-0.39, 0.29) is 0 Å². The summed E-state index contributed by atoms with van der Waals surface area (Å²) in [6.07, 6.45) is 4.68. The highest BCUT2D eigenvalue weighted by molar-refractivity contribution is 5.58. The van der Waals surface area contributed by atoms with E-state index in [1.165, 1.54) is 5.56 Å². The summed E-state index contributed by atoms with van der Waals surface area (Å²) in [6.45, 7) is 3.73. The molecule has 1 aromatic carbocycles. The molecule has 0 saturated carbocycles. The first-order chi connectivity index (χ1) is 8.85. The number of ether oxygens (including phenoxy) is 1. The van der Waals surface area contributed by atoms with E-state index in [1.807, 2.05) is 24.5 Å². The zero-order valence-corrected chi connectivity index (χ0v) is 10.9. The van der Waals surface area contributed by atoms with Gasteiger partial charge in [-0.3, -0.25) is 0 Å². The number of rotatable bonds is 6. The van der Waals surface area contributed by atoms with E-state index >= 15 is 0 Å². The van der Waals surface area contributed by atoms with Gasteiger partial charge in [0.2, 0.25) is 5.95 Å². The Kier molecular flexibility index (Phi) is 4.36. The van der Waals surface area contributed by atoms with Crippen molar-refractivity contribution < 1.29 is 4.74 Å². The minimum absolute atomic E-state index is 0.723. The van der Waals surface area contributed by atoms with Crippen molar-refractivity contribution in [3.63, 3.8) is 0 Å². The van der Waals surface area contributed by atoms with Crippen LogP contribution in [0.25, 0.3) is 0 Å². The maximum Gasteiger partial charge on any atom is 0.207 e. The lowest BCUT2D eigenvalue weighted by Crippen LogP contribution is -2.04. The molecule has 0 aliphatic rings. The molecule has 0 aliphatic heterocycles. The monoisotopic (exact) mass is 245 g/mol. The molecule has 1 heterocycles. The van der Waals surface area contributed by atoms with Crippen LogP contribution in [0, 0.1) is 0 Å². The molecule has 96 valence electrons. The number of aryl methyl sites for hydroxylation is 1. The zero-order valence-electron chi connectivity index (χ0n) is 10.9. The largest absolute Gasteiger partial charge is 0.384 e. The number of nitrogens with one attached hydrogen (secondary N) is 1. The lowest BCUT2D eigenvalue weighted by Gasteiger charge is -2.12. The second-order valence-electron chi connectivity index (χ2n) is 4.06. The van der Waals surface area contributed by atoms with Crippen molar-refractivity contribution in [2.45, 2.75) is 19.9 Å². The molecule has 0 fully saturated rings. The molecule has 0 unspecified atom stereocenters. The third-order valence-corrected chi connectivity index (χ3v) is 2.90. The van der Waals surface area contributed by atoms with Crippen LogP contribution in [-0.2, 0) is 17.7 Å². The predicted octanol–water partition coefficient (Wildman–Crippen LogP) is 2.84. The van der Waals surface area contributed by atoms with Crippen molar-refractivity contribution in [1.29, 1.82) is 0 Å². The summed E-state index contributed by atoms with van der Waals surface area (Å²) in [6, 6.07) is 8.25. The van der Waals surface area contributed by atoms with Crippen LogP contribution < -0.4 is 5.32 Å². The maximum atomic E-state index is 5.13. The van der Waals surface area contributed by atoms with E-state index in [4.69, 9.17) is 4.74 Å². The van der Waals surface area contributed by atoms with Crippen LogP contribution in [-0.4, -0.2) is 23.3 Å². The summed E-state index contributed by atoms with van der Waals surface area (Å²) in [5.74, 6) is 0.877. The SMILES string of the molecule is CCn1ccnc1Nc1ccccc1CCOC. The number of anilines is 2. The lowest BCUT2D eigenvalue weighted by atomic mass is 10.1. The Morgan fingerprint density at radius 3 is 2.94 bits per heavy atom. The Hall–Kier alpha value is -1.81. The van der Waals surface area contributed by atoms with Gasteiger partial charge in [0.05, 0.1) is 6.61 Å². The van der Waals surface area contributed by atoms with E-state index in [9.17, 15) is 0 Å². The summed E-state index contributed by atoms with van der Waals surface area (Å²) >= 11 is 0. The van der Waals surface area contributed by atoms with Crippen molar-refractivity contribution in [2.75, 3.05) is 19.0 Å². The van der Waals surface area contributed by atoms with Gasteiger partial charge in [-0.2, -0.15) is 0 Å². The molecule has 1 N–H and O–H groups in total. The molecular formula is C14H19N3O. The van der Waals surface area contributed by atoms with Gasteiger partial charge in [-0.1, -0.05) is 18.2 Å². The number of imidazole rings is 1. The molecule has 0 atom stereocenters. The van der Waals surface area contributed by atoms with E-state index < -0.39 is 0 Å². The van der Waals surface area contributed by atoms with Gasteiger partial charge >= 0.3 is 0 Å². The van der Waals surface area contributed by atoms with Crippen molar-refractivity contribution in [1.82, 2.24) is 9.55 Å². The van der Waals surface area contributed by atoms with Crippen LogP contribution in [0.1, 0.15) is 12.5 Å². The molecular weight excluding hydrogens is 226 g/mol. The minimum Gasteiger partial charge on any atom is -0.384 e. The molecule has 0 amide bonds. The quantitative estimate of drug-likeness (QED) is 0.850. The number of hydrogen-bond donors (Lipinski definition) is 1. The van der Waals surface area contributed by atoms with Crippen molar-refractivity contribution in [3.05, 3.63) is 42.2 Å². The number of benzene rings is 1. The van der Waals surface area contributed by atoms with Gasteiger partial charge in [0.25, 0.3) is 0 Å². The summed E-state index contributed by atoms with van der Waals surface area (Å²) in [7, 11) is 1.72. The van der Waals surface area contributed by atoms with Gasteiger partial charge in [-0.15, -0.1) is 0 Å². The van der Waals surface area contributed by atoms with Crippen LogP contribution in [0.4, 0.5) is 11.6 Å². The van der Waals surface area contributed by atoms with E-state index in [0.29, 0.717) is 0 Å². The molecule has 0 saturated heterocycles. The van der Waals surface area contributed by atoms with Gasteiger partial charge in [-0.25, -0.2) is 4.98 Å². The summed E-state index contributed by atoms with van der Waals surface area (Å²) in [4.78, 5) is 4.32. The van der Waals surface area contributed by atoms with E-state index in [2.05, 4.69) is 33.9 Å². The second kappa shape index (κ2) is 6.21. The summed E-state index contributed by atoms with van der Waals surface area (Å²) in [5, 5.41) is 3.38. The minimum atomic E-state index is 0.723. The summed E-state index contributed by atoms with van der Waals surface area (Å²) < 4.78 is 7.21. The normalized spacial score (nSPS) is 10.6. The third kappa shape index (κ3) is 2.90. The molecule has 0 bridgehead atoms. The average Bonchev–Trinajstić information content (AvgIpc) is 2.85. The van der Waals surface area contributed by atoms with Crippen LogP contribution >= 0.6 is 0 Å². The van der Waals surface area contributed by atoms with Crippen LogP contribution in [0.5, 0.6) is 0 Å². The van der Waals surface area contributed by atoms with Gasteiger partial charge in [0, 0.05) is 31.7 Å². The van der Waals surface area contributed by atoms with Gasteiger partial charge in [0.1, 0.15) is 0 Å². The molecule has 18 heavy (non-hydrogen) atoms. The molecule has 4 nitrogen and oxygen atoms in total. The number of para-hydroxylation sites is 1. The second-order valence-corrected chi connectivity index (χ2v) is 4.06. The van der Waals surface area contributed by atoms with Crippen LogP contribution in [0.15, 0.2) is 36.7 Å². The van der Waals surface area contributed by atoms with E-state index in [0.717, 1.165) is 31.2 Å². The zero-order chi connectivity index (χ0) is 12.8. The molecule has 2 rings (SSSR count). The Balaban J connectivity index is 2.18. The fraction of sp³-hybridized carbons (Fsp3) is 0.357. The molecule has 0 spiro atoms. The molecule has 4 heteroatoms. The Morgan fingerprint density at radius 2 is 2.17 bits per heavy atom. The highest BCUT2D eigenvalue weighted by Crippen LogP contribution is 2.20. The lowest BCUT2D eigenvalue weighted by molar-refractivity contribution is 0.202. The van der Waals surface area contributed by atoms with Crippen LogP contribution in [0.3, 0.4) is 0 Å². The molecule has 2 aromatic rings. The van der Waals surface area contributed by atoms with Gasteiger partial charge < -0.3 is 14.6 Å². The third-order valence-electron chi connectivity index (χ3n) is 2.90. The first-order valence-electron chi connectivity index (χ1n) is 6.20. The average molecular weight is 245 g/mol. The van der Waals surface area contributed by atoms with E-state index in [1.54, 1.807) is 7.11 Å². The molecule has 1 aromatic heterocycles. The molecule has 0 aliphatic carbocycles. The van der Waals surface area contributed by atoms with Crippen molar-refractivity contribution in [3.8, 4) is 0 Å². The van der Waals surface area contributed by atoms with Gasteiger partial charge in [-0.05, 0) is 25.0 Å². The Labute approximate surface area is 108 Å². The highest BCUT2D eigenvalue weighted by Gasteiger charge is 2.05. The van der Waals surface area contributed by atoms with Crippen LogP contribution in [0.2, 0.25) is 0 Å². The summed E-state index contributed by atoms with van der Waals surface area (Å²) in [5.41, 5.74) is 2.33. The fourth-order valence-corrected chi connectivity index (χ4v) is 1.88. The number of hydrogen-bond acceptors (Lipinski definition) is 3.